The molecule has 0 bridgehead atoms. The van der Waals surface area contributed by atoms with E-state index in [9.17, 15) is 9.50 Å². The van der Waals surface area contributed by atoms with Gasteiger partial charge in [-0.3, -0.25) is 0 Å². The van der Waals surface area contributed by atoms with E-state index in [2.05, 4.69) is 5.10 Å². The summed E-state index contributed by atoms with van der Waals surface area (Å²) in [5.74, 6) is -0.416. The van der Waals surface area contributed by atoms with Gasteiger partial charge in [-0.2, -0.15) is 5.10 Å². The number of aryl methyl sites for hydroxylation is 1. The second kappa shape index (κ2) is 4.06. The Morgan fingerprint density at radius 2 is 2.12 bits per heavy atom. The molecule has 0 aliphatic rings. The molecular weight excluding hydrogens is 207 g/mol. The van der Waals surface area contributed by atoms with Gasteiger partial charge in [0.05, 0.1) is 17.5 Å². The SMILES string of the molecule is Cc1ccn(-c2cccc(F)c2[C@H](C)O)n1. The Morgan fingerprint density at radius 1 is 1.38 bits per heavy atom. The number of rotatable bonds is 2. The second-order valence-electron chi connectivity index (χ2n) is 3.75. The fourth-order valence-corrected chi connectivity index (χ4v) is 1.69. The molecule has 4 heteroatoms. The number of benzene rings is 1. The zero-order valence-electron chi connectivity index (χ0n) is 9.18. The molecule has 1 N–H and O–H groups in total. The van der Waals surface area contributed by atoms with Crippen LogP contribution in [-0.4, -0.2) is 14.9 Å². The molecule has 3 nitrogen and oxygen atoms in total. The summed E-state index contributed by atoms with van der Waals surface area (Å²) >= 11 is 0. The Labute approximate surface area is 93.2 Å². The van der Waals surface area contributed by atoms with E-state index >= 15 is 0 Å². The highest BCUT2D eigenvalue weighted by molar-refractivity contribution is 5.42. The zero-order valence-corrected chi connectivity index (χ0v) is 9.18. The summed E-state index contributed by atoms with van der Waals surface area (Å²) in [6.45, 7) is 3.40. The van der Waals surface area contributed by atoms with E-state index in [0.717, 1.165) is 5.69 Å². The van der Waals surface area contributed by atoms with Crippen molar-refractivity contribution in [2.75, 3.05) is 0 Å². The van der Waals surface area contributed by atoms with Crippen LogP contribution in [0.3, 0.4) is 0 Å². The Balaban J connectivity index is 2.60. The third-order valence-corrected chi connectivity index (χ3v) is 2.42. The summed E-state index contributed by atoms with van der Waals surface area (Å²) in [6, 6.07) is 6.50. The maximum Gasteiger partial charge on any atom is 0.131 e. The van der Waals surface area contributed by atoms with Crippen molar-refractivity contribution in [3.8, 4) is 5.69 Å². The Hall–Kier alpha value is -1.68. The Morgan fingerprint density at radius 3 is 2.69 bits per heavy atom. The molecule has 84 valence electrons. The van der Waals surface area contributed by atoms with Gasteiger partial charge in [0.25, 0.3) is 0 Å². The molecule has 2 aromatic rings. The van der Waals surface area contributed by atoms with Crippen LogP contribution < -0.4 is 0 Å². The van der Waals surface area contributed by atoms with Crippen molar-refractivity contribution in [3.05, 3.63) is 47.5 Å². The van der Waals surface area contributed by atoms with Crippen LogP contribution in [0.25, 0.3) is 5.69 Å². The van der Waals surface area contributed by atoms with Crippen LogP contribution in [0.2, 0.25) is 0 Å². The van der Waals surface area contributed by atoms with Gasteiger partial charge in [-0.15, -0.1) is 0 Å². The molecule has 1 heterocycles. The van der Waals surface area contributed by atoms with Crippen molar-refractivity contribution in [2.24, 2.45) is 0 Å². The first-order chi connectivity index (χ1) is 7.59. The van der Waals surface area contributed by atoms with Gasteiger partial charge in [-0.1, -0.05) is 6.07 Å². The van der Waals surface area contributed by atoms with Gasteiger partial charge in [-0.25, -0.2) is 9.07 Å². The Kier molecular flexibility index (Phi) is 2.75. The van der Waals surface area contributed by atoms with E-state index in [0.29, 0.717) is 5.69 Å². The molecule has 0 unspecified atom stereocenters. The van der Waals surface area contributed by atoms with Gasteiger partial charge in [0.1, 0.15) is 5.82 Å². The molecule has 2 rings (SSSR count). The number of halogens is 1. The predicted octanol–water partition coefficient (Wildman–Crippen LogP) is 2.37. The van der Waals surface area contributed by atoms with Crippen molar-refractivity contribution < 1.29 is 9.50 Å². The van der Waals surface area contributed by atoms with Gasteiger partial charge >= 0.3 is 0 Å². The lowest BCUT2D eigenvalue weighted by atomic mass is 10.1. The van der Waals surface area contributed by atoms with Crippen LogP contribution in [0.5, 0.6) is 0 Å². The first-order valence-corrected chi connectivity index (χ1v) is 5.08. The standard InChI is InChI=1S/C12H13FN2O/c1-8-6-7-15(14-8)11-5-3-4-10(13)12(11)9(2)16/h3-7,9,16H,1-2H3/t9-/m0/s1. The maximum atomic E-state index is 13.6. The van der Waals surface area contributed by atoms with Gasteiger partial charge in [0.2, 0.25) is 0 Å². The monoisotopic (exact) mass is 220 g/mol. The fourth-order valence-electron chi connectivity index (χ4n) is 1.69. The molecular formula is C12H13FN2O. The fraction of sp³-hybridized carbons (Fsp3) is 0.250. The molecule has 16 heavy (non-hydrogen) atoms. The summed E-state index contributed by atoms with van der Waals surface area (Å²) in [5.41, 5.74) is 1.69. The van der Waals surface area contributed by atoms with Crippen molar-refractivity contribution in [1.29, 1.82) is 0 Å². The first kappa shape index (κ1) is 10.8. The largest absolute Gasteiger partial charge is 0.389 e. The number of aliphatic hydroxyl groups excluding tert-OH is 1. The minimum atomic E-state index is -0.860. The lowest BCUT2D eigenvalue weighted by Crippen LogP contribution is -2.05. The van der Waals surface area contributed by atoms with Gasteiger partial charge in [0, 0.05) is 11.8 Å². The molecule has 1 atom stereocenters. The summed E-state index contributed by atoms with van der Waals surface area (Å²) in [5, 5.41) is 13.8. The molecule has 0 spiro atoms. The summed E-state index contributed by atoms with van der Waals surface area (Å²) in [6.07, 6.45) is 0.886. The lowest BCUT2D eigenvalue weighted by molar-refractivity contribution is 0.194. The lowest BCUT2D eigenvalue weighted by Gasteiger charge is -2.12. The second-order valence-corrected chi connectivity index (χ2v) is 3.75. The van der Waals surface area contributed by atoms with Gasteiger partial charge in [0.15, 0.2) is 0 Å². The van der Waals surface area contributed by atoms with Crippen molar-refractivity contribution in [3.63, 3.8) is 0 Å². The predicted molar refractivity (Wildman–Crippen MR) is 58.9 cm³/mol. The molecule has 0 aliphatic heterocycles. The third kappa shape index (κ3) is 1.84. The first-order valence-electron chi connectivity index (χ1n) is 5.08. The number of hydrogen-bond acceptors (Lipinski definition) is 2. The minimum Gasteiger partial charge on any atom is -0.389 e. The number of aliphatic hydroxyl groups is 1. The van der Waals surface area contributed by atoms with E-state index in [1.54, 1.807) is 23.0 Å². The number of aromatic nitrogens is 2. The van der Waals surface area contributed by atoms with Gasteiger partial charge in [-0.05, 0) is 32.0 Å². The molecule has 1 aromatic carbocycles. The van der Waals surface area contributed by atoms with Gasteiger partial charge < -0.3 is 5.11 Å². The highest BCUT2D eigenvalue weighted by Gasteiger charge is 2.14. The smallest absolute Gasteiger partial charge is 0.131 e. The Bertz CT molecular complexity index is 505. The average molecular weight is 220 g/mol. The van der Waals surface area contributed by atoms with E-state index in [-0.39, 0.29) is 5.56 Å². The van der Waals surface area contributed by atoms with Crippen molar-refractivity contribution in [2.45, 2.75) is 20.0 Å². The average Bonchev–Trinajstić information content (AvgIpc) is 2.63. The highest BCUT2D eigenvalue weighted by atomic mass is 19.1. The molecule has 0 radical (unpaired) electrons. The molecule has 0 fully saturated rings. The third-order valence-electron chi connectivity index (χ3n) is 2.42. The topological polar surface area (TPSA) is 38.0 Å². The van der Waals surface area contributed by atoms with Crippen LogP contribution >= 0.6 is 0 Å². The van der Waals surface area contributed by atoms with Crippen molar-refractivity contribution >= 4 is 0 Å². The quantitative estimate of drug-likeness (QED) is 0.843. The van der Waals surface area contributed by atoms with Crippen LogP contribution in [0, 0.1) is 12.7 Å². The summed E-state index contributed by atoms with van der Waals surface area (Å²) in [4.78, 5) is 0. The van der Waals surface area contributed by atoms with E-state index in [1.807, 2.05) is 13.0 Å². The van der Waals surface area contributed by atoms with E-state index in [4.69, 9.17) is 0 Å². The highest BCUT2D eigenvalue weighted by Crippen LogP contribution is 2.24. The molecule has 0 amide bonds. The van der Waals surface area contributed by atoms with Crippen LogP contribution in [0.15, 0.2) is 30.5 Å². The van der Waals surface area contributed by atoms with E-state index in [1.165, 1.54) is 13.0 Å². The molecule has 0 aliphatic carbocycles. The minimum absolute atomic E-state index is 0.269. The van der Waals surface area contributed by atoms with Crippen LogP contribution in [0.4, 0.5) is 4.39 Å². The van der Waals surface area contributed by atoms with Crippen LogP contribution in [-0.2, 0) is 0 Å². The van der Waals surface area contributed by atoms with Crippen molar-refractivity contribution in [1.82, 2.24) is 9.78 Å². The maximum absolute atomic E-state index is 13.6. The number of hydrogen-bond donors (Lipinski definition) is 1. The zero-order chi connectivity index (χ0) is 11.7. The molecule has 1 aromatic heterocycles. The number of nitrogens with zero attached hydrogens (tertiary/aromatic N) is 2. The summed E-state index contributed by atoms with van der Waals surface area (Å²) < 4.78 is 15.2. The normalized spacial score (nSPS) is 12.8. The molecule has 0 saturated carbocycles. The van der Waals surface area contributed by atoms with Crippen LogP contribution in [0.1, 0.15) is 24.3 Å². The van der Waals surface area contributed by atoms with E-state index < -0.39 is 11.9 Å². The summed E-state index contributed by atoms with van der Waals surface area (Å²) in [7, 11) is 0. The molecule has 0 saturated heterocycles.